The number of nitrogens with one attached hydrogen (secondary N) is 1. The molecule has 2 heterocycles. The zero-order valence-corrected chi connectivity index (χ0v) is 10.9. The van der Waals surface area contributed by atoms with E-state index in [1.165, 1.54) is 0 Å². The molecule has 0 unspecified atom stereocenters. The number of aromatic nitrogens is 1. The van der Waals surface area contributed by atoms with Crippen LogP contribution in [0.4, 0.5) is 5.82 Å². The molecular formula is C13H20N4O. The van der Waals surface area contributed by atoms with Crippen LogP contribution in [0.3, 0.4) is 0 Å². The predicted molar refractivity (Wildman–Crippen MR) is 71.3 cm³/mol. The molecule has 3 N–H and O–H groups in total. The number of hydrogen-bond acceptors (Lipinski definition) is 4. The highest BCUT2D eigenvalue weighted by Gasteiger charge is 2.20. The normalized spacial score (nSPS) is 15.2. The molecule has 5 nitrogen and oxygen atoms in total. The van der Waals surface area contributed by atoms with Gasteiger partial charge in [-0.2, -0.15) is 0 Å². The topological polar surface area (TPSA) is 71.2 Å². The van der Waals surface area contributed by atoms with Crippen molar-refractivity contribution in [3.63, 3.8) is 0 Å². The summed E-state index contributed by atoms with van der Waals surface area (Å²) in [4.78, 5) is 18.6. The van der Waals surface area contributed by atoms with E-state index in [9.17, 15) is 4.79 Å². The van der Waals surface area contributed by atoms with E-state index in [0.717, 1.165) is 31.6 Å². The van der Waals surface area contributed by atoms with Crippen LogP contribution < -0.4 is 11.3 Å². The Kier molecular flexibility index (Phi) is 3.81. The summed E-state index contributed by atoms with van der Waals surface area (Å²) in [5.41, 5.74) is 4.08. The summed E-state index contributed by atoms with van der Waals surface area (Å²) in [6.45, 7) is 5.80. The molecule has 5 heteroatoms. The average molecular weight is 248 g/mol. The molecule has 1 fully saturated rings. The molecular weight excluding hydrogens is 228 g/mol. The highest BCUT2D eigenvalue weighted by molar-refractivity contribution is 5.95. The molecule has 1 aromatic heterocycles. The largest absolute Gasteiger partial charge is 0.339 e. The van der Waals surface area contributed by atoms with Crippen LogP contribution in [-0.2, 0) is 0 Å². The van der Waals surface area contributed by atoms with Gasteiger partial charge < -0.3 is 10.3 Å². The van der Waals surface area contributed by atoms with E-state index in [-0.39, 0.29) is 11.8 Å². The minimum Gasteiger partial charge on any atom is -0.339 e. The molecule has 0 atom stereocenters. The summed E-state index contributed by atoms with van der Waals surface area (Å²) in [7, 11) is 0. The third-order valence-corrected chi connectivity index (χ3v) is 3.22. The molecule has 1 amide bonds. The molecule has 18 heavy (non-hydrogen) atoms. The fourth-order valence-corrected chi connectivity index (χ4v) is 2.15. The number of nitrogens with two attached hydrogens (primary N) is 1. The van der Waals surface area contributed by atoms with Crippen molar-refractivity contribution in [1.29, 1.82) is 0 Å². The van der Waals surface area contributed by atoms with Crippen LogP contribution in [0.15, 0.2) is 12.1 Å². The monoisotopic (exact) mass is 248 g/mol. The van der Waals surface area contributed by atoms with Crippen molar-refractivity contribution in [2.75, 3.05) is 18.5 Å². The molecule has 0 aliphatic carbocycles. The Balaban J connectivity index is 2.30. The maximum absolute atomic E-state index is 12.3. The molecule has 1 aliphatic heterocycles. The first-order valence-electron chi connectivity index (χ1n) is 6.39. The van der Waals surface area contributed by atoms with E-state index < -0.39 is 0 Å². The standard InChI is InChI=1S/C13H20N4O/c1-9(2)11-7-10(8-12(15-11)16-14)13(18)17-5-3-4-6-17/h7-9H,3-6,14H2,1-2H3,(H,15,16). The number of carbonyl (C=O) groups is 1. The second-order valence-corrected chi connectivity index (χ2v) is 4.96. The van der Waals surface area contributed by atoms with Gasteiger partial charge in [-0.15, -0.1) is 0 Å². The second-order valence-electron chi connectivity index (χ2n) is 4.96. The average Bonchev–Trinajstić information content (AvgIpc) is 2.91. The van der Waals surface area contributed by atoms with Crippen molar-refractivity contribution >= 4 is 11.7 Å². The summed E-state index contributed by atoms with van der Waals surface area (Å²) >= 11 is 0. The molecule has 0 radical (unpaired) electrons. The lowest BCUT2D eigenvalue weighted by Gasteiger charge is -2.17. The first-order valence-corrected chi connectivity index (χ1v) is 6.39. The fraction of sp³-hybridized carbons (Fsp3) is 0.538. The Morgan fingerprint density at radius 2 is 2.06 bits per heavy atom. The van der Waals surface area contributed by atoms with E-state index in [4.69, 9.17) is 5.84 Å². The zero-order chi connectivity index (χ0) is 13.1. The minimum atomic E-state index is 0.0771. The summed E-state index contributed by atoms with van der Waals surface area (Å²) in [5.74, 6) is 6.29. The molecule has 1 saturated heterocycles. The lowest BCUT2D eigenvalue weighted by Crippen LogP contribution is -2.28. The van der Waals surface area contributed by atoms with Crippen molar-refractivity contribution < 1.29 is 4.79 Å². The number of nitrogens with zero attached hydrogens (tertiary/aromatic N) is 2. The number of pyridine rings is 1. The van der Waals surface area contributed by atoms with Gasteiger partial charge in [0.25, 0.3) is 5.91 Å². The van der Waals surface area contributed by atoms with Crippen LogP contribution >= 0.6 is 0 Å². The Hall–Kier alpha value is -1.62. The molecule has 0 bridgehead atoms. The third-order valence-electron chi connectivity index (χ3n) is 3.22. The Bertz CT molecular complexity index is 439. The van der Waals surface area contributed by atoms with Gasteiger partial charge in [0.05, 0.1) is 0 Å². The Morgan fingerprint density at radius 1 is 1.39 bits per heavy atom. The quantitative estimate of drug-likeness (QED) is 0.631. The number of likely N-dealkylation sites (tertiary alicyclic amines) is 1. The van der Waals surface area contributed by atoms with E-state index in [2.05, 4.69) is 10.4 Å². The van der Waals surface area contributed by atoms with Gasteiger partial charge in [0, 0.05) is 24.3 Å². The highest BCUT2D eigenvalue weighted by atomic mass is 16.2. The fourth-order valence-electron chi connectivity index (χ4n) is 2.15. The lowest BCUT2D eigenvalue weighted by atomic mass is 10.1. The van der Waals surface area contributed by atoms with Gasteiger partial charge in [-0.3, -0.25) is 4.79 Å². The highest BCUT2D eigenvalue weighted by Crippen LogP contribution is 2.20. The lowest BCUT2D eigenvalue weighted by molar-refractivity contribution is 0.0792. The number of rotatable bonds is 3. The molecule has 1 aromatic rings. The van der Waals surface area contributed by atoms with Crippen LogP contribution in [0.5, 0.6) is 0 Å². The maximum atomic E-state index is 12.3. The van der Waals surface area contributed by atoms with Gasteiger partial charge in [0.1, 0.15) is 5.82 Å². The molecule has 0 saturated carbocycles. The zero-order valence-electron chi connectivity index (χ0n) is 10.9. The molecule has 1 aliphatic rings. The Morgan fingerprint density at radius 3 is 2.61 bits per heavy atom. The molecule has 98 valence electrons. The van der Waals surface area contributed by atoms with Gasteiger partial charge in [0.15, 0.2) is 0 Å². The maximum Gasteiger partial charge on any atom is 0.254 e. The Labute approximate surface area is 107 Å². The smallest absolute Gasteiger partial charge is 0.254 e. The first kappa shape index (κ1) is 12.8. The number of hydrogen-bond donors (Lipinski definition) is 2. The van der Waals surface area contributed by atoms with Gasteiger partial charge >= 0.3 is 0 Å². The van der Waals surface area contributed by atoms with Crippen molar-refractivity contribution in [3.8, 4) is 0 Å². The summed E-state index contributed by atoms with van der Waals surface area (Å²) in [6.07, 6.45) is 2.19. The molecule has 2 rings (SSSR count). The van der Waals surface area contributed by atoms with Gasteiger partial charge in [-0.25, -0.2) is 10.8 Å². The van der Waals surface area contributed by atoms with E-state index in [0.29, 0.717) is 11.4 Å². The van der Waals surface area contributed by atoms with Crippen LogP contribution in [0.25, 0.3) is 0 Å². The van der Waals surface area contributed by atoms with Crippen LogP contribution in [-0.4, -0.2) is 28.9 Å². The second kappa shape index (κ2) is 5.35. The summed E-state index contributed by atoms with van der Waals surface area (Å²) in [6, 6.07) is 3.58. The number of amides is 1. The van der Waals surface area contributed by atoms with Crippen LogP contribution in [0.2, 0.25) is 0 Å². The number of carbonyl (C=O) groups excluding carboxylic acids is 1. The first-order chi connectivity index (χ1) is 8.61. The van der Waals surface area contributed by atoms with E-state index in [1.807, 2.05) is 24.8 Å². The van der Waals surface area contributed by atoms with E-state index in [1.54, 1.807) is 6.07 Å². The van der Waals surface area contributed by atoms with Gasteiger partial charge in [0.2, 0.25) is 0 Å². The third kappa shape index (κ3) is 2.61. The number of hydrazine groups is 1. The van der Waals surface area contributed by atoms with Crippen molar-refractivity contribution in [1.82, 2.24) is 9.88 Å². The number of nitrogen functional groups attached to an aromatic ring is 1. The summed E-state index contributed by atoms with van der Waals surface area (Å²) in [5, 5.41) is 0. The molecule has 0 aromatic carbocycles. The van der Waals surface area contributed by atoms with Crippen LogP contribution in [0.1, 0.15) is 48.7 Å². The minimum absolute atomic E-state index is 0.0771. The SMILES string of the molecule is CC(C)c1cc(C(=O)N2CCCC2)cc(NN)n1. The predicted octanol–water partition coefficient (Wildman–Crippen LogP) is 1.73. The van der Waals surface area contributed by atoms with Gasteiger partial charge in [-0.1, -0.05) is 13.8 Å². The molecule has 0 spiro atoms. The van der Waals surface area contributed by atoms with Crippen molar-refractivity contribution in [3.05, 3.63) is 23.4 Å². The summed E-state index contributed by atoms with van der Waals surface area (Å²) < 4.78 is 0. The van der Waals surface area contributed by atoms with Crippen LogP contribution in [0, 0.1) is 0 Å². The van der Waals surface area contributed by atoms with E-state index >= 15 is 0 Å². The van der Waals surface area contributed by atoms with Crippen molar-refractivity contribution in [2.24, 2.45) is 5.84 Å². The van der Waals surface area contributed by atoms with Gasteiger partial charge in [-0.05, 0) is 30.9 Å². The van der Waals surface area contributed by atoms with Crippen molar-refractivity contribution in [2.45, 2.75) is 32.6 Å². The number of anilines is 1.